The van der Waals surface area contributed by atoms with Crippen molar-refractivity contribution in [1.29, 1.82) is 0 Å². The number of morpholine rings is 2. The van der Waals surface area contributed by atoms with Gasteiger partial charge in [0.1, 0.15) is 5.82 Å². The van der Waals surface area contributed by atoms with Gasteiger partial charge in [0.25, 0.3) is 0 Å². The number of nitrogens with zero attached hydrogens (tertiary/aromatic N) is 2. The summed E-state index contributed by atoms with van der Waals surface area (Å²) in [6.45, 7) is 9.29. The third kappa shape index (κ3) is 4.65. The van der Waals surface area contributed by atoms with Crippen LogP contribution in [0, 0.1) is 5.82 Å². The topological polar surface area (TPSA) is 54.0 Å². The SMILES string of the molecule is C[C@@H]1CN(C(=O)NCc2ccc(N3C[C@@H](C)O[C@@H](C)C3)c(F)c2)CCO1. The second-order valence-electron chi connectivity index (χ2n) is 7.23. The van der Waals surface area contributed by atoms with Crippen molar-refractivity contribution in [3.63, 3.8) is 0 Å². The van der Waals surface area contributed by atoms with Crippen molar-refractivity contribution in [3.8, 4) is 0 Å². The van der Waals surface area contributed by atoms with Gasteiger partial charge < -0.3 is 24.6 Å². The number of carbonyl (C=O) groups excluding carboxylic acids is 1. The molecule has 6 nitrogen and oxygen atoms in total. The predicted molar refractivity (Wildman–Crippen MR) is 97.8 cm³/mol. The molecule has 2 saturated heterocycles. The molecule has 3 rings (SSSR count). The maximum absolute atomic E-state index is 14.6. The average Bonchev–Trinajstić information content (AvgIpc) is 2.59. The molecule has 1 aromatic rings. The fraction of sp³-hybridized carbons (Fsp3) is 0.632. The Labute approximate surface area is 154 Å². The van der Waals surface area contributed by atoms with Crippen LogP contribution in [0.4, 0.5) is 14.9 Å². The summed E-state index contributed by atoms with van der Waals surface area (Å²) in [5, 5.41) is 2.86. The van der Waals surface area contributed by atoms with E-state index >= 15 is 0 Å². The van der Waals surface area contributed by atoms with Gasteiger partial charge in [0.2, 0.25) is 0 Å². The maximum Gasteiger partial charge on any atom is 0.317 e. The summed E-state index contributed by atoms with van der Waals surface area (Å²) < 4.78 is 25.7. The van der Waals surface area contributed by atoms with Crippen molar-refractivity contribution >= 4 is 11.7 Å². The molecule has 2 aliphatic rings. The van der Waals surface area contributed by atoms with Crippen LogP contribution in [0.2, 0.25) is 0 Å². The lowest BCUT2D eigenvalue weighted by molar-refractivity contribution is -0.00539. The Morgan fingerprint density at radius 3 is 2.58 bits per heavy atom. The molecule has 1 N–H and O–H groups in total. The van der Waals surface area contributed by atoms with Crippen LogP contribution >= 0.6 is 0 Å². The number of ether oxygens (including phenoxy) is 2. The van der Waals surface area contributed by atoms with E-state index in [1.807, 2.05) is 31.7 Å². The van der Waals surface area contributed by atoms with Gasteiger partial charge in [0.15, 0.2) is 0 Å². The number of benzene rings is 1. The molecule has 0 saturated carbocycles. The van der Waals surface area contributed by atoms with Gasteiger partial charge in [0.05, 0.1) is 30.6 Å². The Balaban J connectivity index is 1.58. The standard InChI is InChI=1S/C19H28FN3O3/c1-13-10-22(6-7-25-13)19(24)21-9-16-4-5-18(17(20)8-16)23-11-14(2)26-15(3)12-23/h4-5,8,13-15H,6-7,9-12H2,1-3H3,(H,21,24)/t13-,14-,15+/m1/s1. The molecule has 0 aliphatic carbocycles. The van der Waals surface area contributed by atoms with Crippen LogP contribution in [0.15, 0.2) is 18.2 Å². The lowest BCUT2D eigenvalue weighted by Crippen LogP contribution is -2.48. The van der Waals surface area contributed by atoms with E-state index in [2.05, 4.69) is 5.32 Å². The molecule has 2 aliphatic heterocycles. The summed E-state index contributed by atoms with van der Waals surface area (Å²) >= 11 is 0. The normalized spacial score (nSPS) is 26.7. The Kier molecular flexibility index (Phi) is 5.98. The summed E-state index contributed by atoms with van der Waals surface area (Å²) in [6.07, 6.45) is 0.200. The monoisotopic (exact) mass is 365 g/mol. The van der Waals surface area contributed by atoms with E-state index in [0.717, 1.165) is 5.56 Å². The van der Waals surface area contributed by atoms with Crippen LogP contribution in [0.25, 0.3) is 0 Å². The molecule has 0 spiro atoms. The molecule has 0 unspecified atom stereocenters. The molecule has 144 valence electrons. The second kappa shape index (κ2) is 8.22. The summed E-state index contributed by atoms with van der Waals surface area (Å²) in [7, 11) is 0. The van der Waals surface area contributed by atoms with Gasteiger partial charge in [0, 0.05) is 32.7 Å². The van der Waals surface area contributed by atoms with Crippen molar-refractivity contribution in [3.05, 3.63) is 29.6 Å². The Morgan fingerprint density at radius 2 is 1.92 bits per heavy atom. The maximum atomic E-state index is 14.6. The summed E-state index contributed by atoms with van der Waals surface area (Å²) in [5.74, 6) is -0.266. The lowest BCUT2D eigenvalue weighted by atomic mass is 10.1. The molecule has 2 fully saturated rings. The fourth-order valence-corrected chi connectivity index (χ4v) is 3.58. The first-order valence-corrected chi connectivity index (χ1v) is 9.25. The van der Waals surface area contributed by atoms with E-state index in [0.29, 0.717) is 45.0 Å². The van der Waals surface area contributed by atoms with Crippen LogP contribution in [0.1, 0.15) is 26.3 Å². The van der Waals surface area contributed by atoms with Crippen LogP contribution in [-0.2, 0) is 16.0 Å². The zero-order valence-electron chi connectivity index (χ0n) is 15.7. The molecular weight excluding hydrogens is 337 g/mol. The minimum Gasteiger partial charge on any atom is -0.375 e. The zero-order valence-corrected chi connectivity index (χ0v) is 15.7. The first-order valence-electron chi connectivity index (χ1n) is 9.25. The number of carbonyl (C=O) groups is 1. The number of rotatable bonds is 3. The lowest BCUT2D eigenvalue weighted by Gasteiger charge is -2.37. The first kappa shape index (κ1) is 18.9. The van der Waals surface area contributed by atoms with E-state index in [1.54, 1.807) is 11.0 Å². The quantitative estimate of drug-likeness (QED) is 0.894. The summed E-state index contributed by atoms with van der Waals surface area (Å²) in [4.78, 5) is 16.0. The highest BCUT2D eigenvalue weighted by Crippen LogP contribution is 2.24. The largest absolute Gasteiger partial charge is 0.375 e. The summed E-state index contributed by atoms with van der Waals surface area (Å²) in [5.41, 5.74) is 1.33. The van der Waals surface area contributed by atoms with E-state index in [4.69, 9.17) is 9.47 Å². The molecule has 3 atom stereocenters. The average molecular weight is 365 g/mol. The summed E-state index contributed by atoms with van der Waals surface area (Å²) in [6, 6.07) is 5.02. The van der Waals surface area contributed by atoms with Crippen LogP contribution in [0.3, 0.4) is 0 Å². The van der Waals surface area contributed by atoms with Gasteiger partial charge in [-0.1, -0.05) is 6.07 Å². The molecule has 2 heterocycles. The van der Waals surface area contributed by atoms with E-state index in [1.165, 1.54) is 6.07 Å². The smallest absolute Gasteiger partial charge is 0.317 e. The highest BCUT2D eigenvalue weighted by Gasteiger charge is 2.24. The third-order valence-electron chi connectivity index (χ3n) is 4.74. The van der Waals surface area contributed by atoms with Gasteiger partial charge in [-0.25, -0.2) is 9.18 Å². The fourth-order valence-electron chi connectivity index (χ4n) is 3.58. The number of hydrogen-bond donors (Lipinski definition) is 1. The number of nitrogens with one attached hydrogen (secondary N) is 1. The van der Waals surface area contributed by atoms with Crippen LogP contribution in [-0.4, -0.2) is 62.0 Å². The van der Waals surface area contributed by atoms with Gasteiger partial charge in [-0.05, 0) is 38.5 Å². The molecule has 0 radical (unpaired) electrons. The van der Waals surface area contributed by atoms with E-state index in [9.17, 15) is 9.18 Å². The van der Waals surface area contributed by atoms with Crippen molar-refractivity contribution < 1.29 is 18.7 Å². The van der Waals surface area contributed by atoms with Gasteiger partial charge in [-0.2, -0.15) is 0 Å². The van der Waals surface area contributed by atoms with Gasteiger partial charge in [-0.15, -0.1) is 0 Å². The third-order valence-corrected chi connectivity index (χ3v) is 4.74. The number of halogens is 1. The molecule has 0 aromatic heterocycles. The van der Waals surface area contributed by atoms with Gasteiger partial charge >= 0.3 is 6.03 Å². The second-order valence-corrected chi connectivity index (χ2v) is 7.23. The van der Waals surface area contributed by atoms with Gasteiger partial charge in [-0.3, -0.25) is 0 Å². The predicted octanol–water partition coefficient (Wildman–Crippen LogP) is 2.37. The molecule has 0 bridgehead atoms. The first-order chi connectivity index (χ1) is 12.4. The van der Waals surface area contributed by atoms with Crippen LogP contribution in [0.5, 0.6) is 0 Å². The minimum atomic E-state index is -0.266. The minimum absolute atomic E-state index is 0.0459. The molecule has 1 aromatic carbocycles. The molecular formula is C19H28FN3O3. The van der Waals surface area contributed by atoms with E-state index < -0.39 is 0 Å². The van der Waals surface area contributed by atoms with Crippen LogP contribution < -0.4 is 10.2 Å². The van der Waals surface area contributed by atoms with Crippen molar-refractivity contribution in [2.24, 2.45) is 0 Å². The highest BCUT2D eigenvalue weighted by molar-refractivity contribution is 5.74. The molecule has 2 amide bonds. The van der Waals surface area contributed by atoms with Crippen molar-refractivity contribution in [2.45, 2.75) is 45.6 Å². The Bertz CT molecular complexity index is 632. The highest BCUT2D eigenvalue weighted by atomic mass is 19.1. The number of urea groups is 1. The number of hydrogen-bond acceptors (Lipinski definition) is 4. The molecule has 7 heteroatoms. The number of anilines is 1. The van der Waals surface area contributed by atoms with Crippen molar-refractivity contribution in [2.75, 3.05) is 37.7 Å². The van der Waals surface area contributed by atoms with Crippen molar-refractivity contribution in [1.82, 2.24) is 10.2 Å². The Morgan fingerprint density at radius 1 is 1.19 bits per heavy atom. The van der Waals surface area contributed by atoms with E-state index in [-0.39, 0.29) is 30.2 Å². The number of amides is 2. The zero-order chi connectivity index (χ0) is 18.7. The Hall–Kier alpha value is -1.86. The molecule has 26 heavy (non-hydrogen) atoms.